The second-order valence-corrected chi connectivity index (χ2v) is 7.80. The highest BCUT2D eigenvalue weighted by Crippen LogP contribution is 2.39. The number of hydrogen-bond donors (Lipinski definition) is 0. The Balaban J connectivity index is 1.70. The number of piperidine rings is 2. The molecule has 1 aromatic rings. The molecule has 7 nitrogen and oxygen atoms in total. The van der Waals surface area contributed by atoms with Crippen LogP contribution in [0.25, 0.3) is 0 Å². The van der Waals surface area contributed by atoms with Gasteiger partial charge >= 0.3 is 0 Å². The van der Waals surface area contributed by atoms with E-state index in [1.165, 1.54) is 6.42 Å². The third-order valence-corrected chi connectivity index (χ3v) is 5.56. The van der Waals surface area contributed by atoms with E-state index in [2.05, 4.69) is 9.88 Å². The zero-order valence-corrected chi connectivity index (χ0v) is 16.3. The minimum absolute atomic E-state index is 0.163. The summed E-state index contributed by atoms with van der Waals surface area (Å²) in [5.41, 5.74) is 0.163. The molecule has 0 N–H and O–H groups in total. The van der Waals surface area contributed by atoms with Gasteiger partial charge in [0, 0.05) is 72.0 Å². The van der Waals surface area contributed by atoms with Crippen LogP contribution >= 0.6 is 0 Å². The van der Waals surface area contributed by atoms with Crippen LogP contribution in [0.1, 0.15) is 32.1 Å². The number of anilines is 2. The fourth-order valence-corrected chi connectivity index (χ4v) is 4.16. The topological polar surface area (TPSA) is 61.8 Å². The van der Waals surface area contributed by atoms with Gasteiger partial charge in [-0.15, -0.1) is 0 Å². The molecule has 1 spiro atoms. The van der Waals surface area contributed by atoms with E-state index in [0.29, 0.717) is 13.0 Å². The monoisotopic (exact) mass is 361 g/mol. The van der Waals surface area contributed by atoms with Crippen molar-refractivity contribution in [1.29, 1.82) is 0 Å². The first-order valence-electron chi connectivity index (χ1n) is 9.55. The molecule has 1 amide bonds. The van der Waals surface area contributed by atoms with Gasteiger partial charge < -0.3 is 19.4 Å². The van der Waals surface area contributed by atoms with Gasteiger partial charge in [0.15, 0.2) is 0 Å². The van der Waals surface area contributed by atoms with Gasteiger partial charge in [-0.25, -0.2) is 4.98 Å². The first-order valence-corrected chi connectivity index (χ1v) is 9.55. The van der Waals surface area contributed by atoms with Crippen LogP contribution in [0.4, 0.5) is 11.8 Å². The molecule has 0 bridgehead atoms. The molecule has 2 aliphatic heterocycles. The van der Waals surface area contributed by atoms with Gasteiger partial charge in [-0.3, -0.25) is 4.79 Å². The zero-order chi connectivity index (χ0) is 18.6. The lowest BCUT2D eigenvalue weighted by Crippen LogP contribution is -2.54. The summed E-state index contributed by atoms with van der Waals surface area (Å²) in [4.78, 5) is 27.9. The molecular formula is C19H31N5O2. The lowest BCUT2D eigenvalue weighted by Gasteiger charge is -2.48. The average molecular weight is 361 g/mol. The van der Waals surface area contributed by atoms with E-state index in [0.717, 1.165) is 57.2 Å². The summed E-state index contributed by atoms with van der Waals surface area (Å²) in [7, 11) is 5.70. The quantitative estimate of drug-likeness (QED) is 0.720. The molecule has 7 heteroatoms. The Morgan fingerprint density at radius 2 is 2.15 bits per heavy atom. The van der Waals surface area contributed by atoms with Crippen molar-refractivity contribution in [2.75, 3.05) is 63.8 Å². The number of carbonyl (C=O) groups is 1. The van der Waals surface area contributed by atoms with Crippen molar-refractivity contribution >= 4 is 17.7 Å². The Morgan fingerprint density at radius 1 is 1.31 bits per heavy atom. The van der Waals surface area contributed by atoms with Crippen LogP contribution in [0.15, 0.2) is 12.3 Å². The predicted molar refractivity (Wildman–Crippen MR) is 103 cm³/mol. The lowest BCUT2D eigenvalue weighted by molar-refractivity contribution is -0.138. The minimum atomic E-state index is 0.163. The zero-order valence-electron chi connectivity index (χ0n) is 16.3. The molecule has 144 valence electrons. The summed E-state index contributed by atoms with van der Waals surface area (Å²) in [6.07, 6.45) is 6.65. The van der Waals surface area contributed by atoms with Crippen molar-refractivity contribution in [3.63, 3.8) is 0 Å². The van der Waals surface area contributed by atoms with Crippen molar-refractivity contribution in [2.24, 2.45) is 5.41 Å². The second kappa shape index (κ2) is 8.20. The largest absolute Gasteiger partial charge is 0.385 e. The van der Waals surface area contributed by atoms with E-state index in [1.807, 2.05) is 36.2 Å². The Morgan fingerprint density at radius 3 is 2.92 bits per heavy atom. The Hall–Kier alpha value is -1.89. The van der Waals surface area contributed by atoms with Crippen LogP contribution in [0.5, 0.6) is 0 Å². The smallest absolute Gasteiger partial charge is 0.227 e. The van der Waals surface area contributed by atoms with E-state index in [1.54, 1.807) is 7.11 Å². The number of nitrogens with zero attached hydrogens (tertiary/aromatic N) is 5. The molecule has 3 rings (SSSR count). The maximum Gasteiger partial charge on any atom is 0.227 e. The molecule has 26 heavy (non-hydrogen) atoms. The van der Waals surface area contributed by atoms with Gasteiger partial charge in [0.1, 0.15) is 5.82 Å². The number of aromatic nitrogens is 2. The van der Waals surface area contributed by atoms with Gasteiger partial charge in [-0.05, 0) is 31.7 Å². The fourth-order valence-electron chi connectivity index (χ4n) is 4.16. The average Bonchev–Trinajstić information content (AvgIpc) is 2.65. The molecule has 0 unspecified atom stereocenters. The summed E-state index contributed by atoms with van der Waals surface area (Å²) in [6.45, 7) is 4.25. The maximum absolute atomic E-state index is 12.3. The molecule has 0 aliphatic carbocycles. The van der Waals surface area contributed by atoms with E-state index in [-0.39, 0.29) is 11.3 Å². The Bertz CT molecular complexity index is 624. The van der Waals surface area contributed by atoms with E-state index >= 15 is 0 Å². The van der Waals surface area contributed by atoms with Crippen LogP contribution in [0.2, 0.25) is 0 Å². The molecule has 3 heterocycles. The molecular weight excluding hydrogens is 330 g/mol. The van der Waals surface area contributed by atoms with E-state index < -0.39 is 0 Å². The van der Waals surface area contributed by atoms with Crippen molar-refractivity contribution in [3.8, 4) is 0 Å². The van der Waals surface area contributed by atoms with Gasteiger partial charge in [0.25, 0.3) is 0 Å². The van der Waals surface area contributed by atoms with Gasteiger partial charge in [-0.1, -0.05) is 0 Å². The number of amides is 1. The van der Waals surface area contributed by atoms with Crippen LogP contribution in [0, 0.1) is 5.41 Å². The highest BCUT2D eigenvalue weighted by Gasteiger charge is 2.42. The molecule has 1 aromatic heterocycles. The molecule has 2 saturated heterocycles. The summed E-state index contributed by atoms with van der Waals surface area (Å²) in [5.74, 6) is 2.02. The SMILES string of the molecule is COCCCN1C[C@]2(CCCN(c3nccc(N(C)C)n3)C2)CCC1=O. The number of likely N-dealkylation sites (tertiary alicyclic amines) is 1. The maximum atomic E-state index is 12.3. The number of carbonyl (C=O) groups excluding carboxylic acids is 1. The summed E-state index contributed by atoms with van der Waals surface area (Å²) < 4.78 is 5.14. The molecule has 1 atom stereocenters. The van der Waals surface area contributed by atoms with Gasteiger partial charge in [0.05, 0.1) is 0 Å². The van der Waals surface area contributed by atoms with Gasteiger partial charge in [-0.2, -0.15) is 4.98 Å². The molecule has 0 radical (unpaired) electrons. The Kier molecular flexibility index (Phi) is 5.96. The van der Waals surface area contributed by atoms with Crippen molar-refractivity contribution in [2.45, 2.75) is 32.1 Å². The number of methoxy groups -OCH3 is 1. The Labute approximate surface area is 156 Å². The fraction of sp³-hybridized carbons (Fsp3) is 0.737. The molecule has 0 aromatic carbocycles. The molecule has 2 fully saturated rings. The van der Waals surface area contributed by atoms with Crippen LogP contribution in [-0.2, 0) is 9.53 Å². The van der Waals surface area contributed by atoms with Crippen molar-refractivity contribution < 1.29 is 9.53 Å². The van der Waals surface area contributed by atoms with Gasteiger partial charge in [0.2, 0.25) is 11.9 Å². The number of hydrogen-bond acceptors (Lipinski definition) is 6. The van der Waals surface area contributed by atoms with Crippen LogP contribution < -0.4 is 9.80 Å². The minimum Gasteiger partial charge on any atom is -0.385 e. The first kappa shape index (κ1) is 18.9. The van der Waals surface area contributed by atoms with Crippen molar-refractivity contribution in [3.05, 3.63) is 12.3 Å². The van der Waals surface area contributed by atoms with Crippen LogP contribution in [0.3, 0.4) is 0 Å². The summed E-state index contributed by atoms with van der Waals surface area (Å²) in [6, 6.07) is 1.93. The third kappa shape index (κ3) is 4.26. The van der Waals surface area contributed by atoms with E-state index in [9.17, 15) is 4.79 Å². The summed E-state index contributed by atoms with van der Waals surface area (Å²) >= 11 is 0. The third-order valence-electron chi connectivity index (χ3n) is 5.56. The normalized spacial score (nSPS) is 23.6. The number of ether oxygens (including phenoxy) is 1. The molecule has 2 aliphatic rings. The second-order valence-electron chi connectivity index (χ2n) is 7.80. The predicted octanol–water partition coefficient (Wildman–Crippen LogP) is 1.79. The highest BCUT2D eigenvalue weighted by molar-refractivity contribution is 5.77. The summed E-state index contributed by atoms with van der Waals surface area (Å²) in [5, 5.41) is 0. The standard InChI is InChI=1S/C19H31N5O2/c1-22(2)16-7-10-20-18(21-16)24-11-4-8-19(15-24)9-6-17(25)23(14-19)12-5-13-26-3/h7,10H,4-6,8-9,11-15H2,1-3H3/t19-/m0/s1. The number of rotatable bonds is 6. The highest BCUT2D eigenvalue weighted by atomic mass is 16.5. The lowest BCUT2D eigenvalue weighted by atomic mass is 9.73. The molecule has 0 saturated carbocycles. The van der Waals surface area contributed by atoms with E-state index in [4.69, 9.17) is 9.72 Å². The van der Waals surface area contributed by atoms with Crippen molar-refractivity contribution in [1.82, 2.24) is 14.9 Å². The first-order chi connectivity index (χ1) is 12.5. The van der Waals surface area contributed by atoms with Crippen LogP contribution in [-0.4, -0.2) is 74.8 Å².